The van der Waals surface area contributed by atoms with Crippen LogP contribution in [0.15, 0.2) is 70.8 Å². The van der Waals surface area contributed by atoms with Gasteiger partial charge in [-0.2, -0.15) is 8.42 Å². The number of nitrogens with zero attached hydrogens (tertiary/aromatic N) is 2. The molecule has 0 spiro atoms. The van der Waals surface area contributed by atoms with Gasteiger partial charge in [0.15, 0.2) is 0 Å². The molecule has 2 aromatic rings. The van der Waals surface area contributed by atoms with E-state index in [2.05, 4.69) is 4.40 Å². The first kappa shape index (κ1) is 18.8. The Bertz CT molecular complexity index is 1010. The SMILES string of the molecule is CC1=NS(=O)(=O)N(Cc2ccccc2)C=C1C(=O)OCc1cccc(C)c1. The van der Waals surface area contributed by atoms with Crippen LogP contribution >= 0.6 is 0 Å². The van der Waals surface area contributed by atoms with Gasteiger partial charge in [0.2, 0.25) is 0 Å². The fraction of sp³-hybridized carbons (Fsp3) is 0.200. The van der Waals surface area contributed by atoms with Crippen molar-refractivity contribution >= 4 is 21.9 Å². The second-order valence-electron chi connectivity index (χ2n) is 6.29. The molecule has 0 fully saturated rings. The zero-order valence-corrected chi connectivity index (χ0v) is 15.9. The molecule has 0 saturated carbocycles. The lowest BCUT2D eigenvalue weighted by atomic mass is 10.1. The van der Waals surface area contributed by atoms with Crippen molar-refractivity contribution in [1.29, 1.82) is 0 Å². The van der Waals surface area contributed by atoms with Crippen molar-refractivity contribution in [2.75, 3.05) is 0 Å². The third-order valence-electron chi connectivity index (χ3n) is 4.07. The van der Waals surface area contributed by atoms with Crippen molar-refractivity contribution in [3.05, 3.63) is 83.1 Å². The number of ether oxygens (including phenoxy) is 1. The number of hydrogen-bond acceptors (Lipinski definition) is 4. The minimum absolute atomic E-state index is 0.0919. The highest BCUT2D eigenvalue weighted by Gasteiger charge is 2.29. The zero-order valence-electron chi connectivity index (χ0n) is 15.1. The number of aryl methyl sites for hydroxylation is 1. The molecule has 0 radical (unpaired) electrons. The summed E-state index contributed by atoms with van der Waals surface area (Å²) in [5, 5.41) is 0. The largest absolute Gasteiger partial charge is 0.457 e. The molecule has 0 N–H and O–H groups in total. The Morgan fingerprint density at radius 1 is 1.04 bits per heavy atom. The van der Waals surface area contributed by atoms with Gasteiger partial charge >= 0.3 is 16.2 Å². The van der Waals surface area contributed by atoms with Crippen LogP contribution in [0.3, 0.4) is 0 Å². The van der Waals surface area contributed by atoms with Crippen molar-refractivity contribution in [2.24, 2.45) is 4.40 Å². The Balaban J connectivity index is 1.78. The molecule has 1 aliphatic heterocycles. The topological polar surface area (TPSA) is 76.0 Å². The summed E-state index contributed by atoms with van der Waals surface area (Å²) in [5.74, 6) is -0.606. The van der Waals surface area contributed by atoms with Crippen LogP contribution in [0.1, 0.15) is 23.6 Å². The number of hydrogen-bond donors (Lipinski definition) is 0. The Morgan fingerprint density at radius 3 is 2.44 bits per heavy atom. The van der Waals surface area contributed by atoms with Crippen molar-refractivity contribution in [2.45, 2.75) is 27.0 Å². The molecule has 3 rings (SSSR count). The highest BCUT2D eigenvalue weighted by atomic mass is 32.2. The molecule has 2 aromatic carbocycles. The summed E-state index contributed by atoms with van der Waals surface area (Å²) in [6, 6.07) is 16.7. The molecule has 7 heteroatoms. The van der Waals surface area contributed by atoms with Crippen LogP contribution in [0, 0.1) is 6.92 Å². The van der Waals surface area contributed by atoms with Gasteiger partial charge in [-0.15, -0.1) is 4.40 Å². The van der Waals surface area contributed by atoms with E-state index in [9.17, 15) is 13.2 Å². The normalized spacial score (nSPS) is 15.7. The van der Waals surface area contributed by atoms with Gasteiger partial charge in [-0.3, -0.25) is 4.31 Å². The van der Waals surface area contributed by atoms with E-state index in [0.717, 1.165) is 21.0 Å². The van der Waals surface area contributed by atoms with Crippen molar-refractivity contribution in [3.63, 3.8) is 0 Å². The highest BCUT2D eigenvalue weighted by Crippen LogP contribution is 2.20. The molecule has 0 amide bonds. The molecule has 0 saturated heterocycles. The second kappa shape index (κ2) is 7.75. The van der Waals surface area contributed by atoms with E-state index in [4.69, 9.17) is 4.74 Å². The van der Waals surface area contributed by atoms with Gasteiger partial charge in [0.1, 0.15) is 6.61 Å². The molecule has 140 valence electrons. The predicted molar refractivity (Wildman–Crippen MR) is 103 cm³/mol. The maximum absolute atomic E-state index is 12.5. The molecule has 0 bridgehead atoms. The van der Waals surface area contributed by atoms with E-state index in [0.29, 0.717) is 0 Å². The summed E-state index contributed by atoms with van der Waals surface area (Å²) < 4.78 is 34.8. The quantitative estimate of drug-likeness (QED) is 0.742. The summed E-state index contributed by atoms with van der Waals surface area (Å²) >= 11 is 0. The minimum Gasteiger partial charge on any atom is -0.457 e. The summed E-state index contributed by atoms with van der Waals surface area (Å²) in [5.41, 5.74) is 2.97. The van der Waals surface area contributed by atoms with E-state index in [1.165, 1.54) is 13.1 Å². The standard InChI is InChI=1S/C20H20N2O4S/c1-15-7-6-10-18(11-15)14-26-20(23)19-13-22(27(24,25)21-16(19)2)12-17-8-4-3-5-9-17/h3-11,13H,12,14H2,1-2H3. The molecule has 1 aliphatic rings. The van der Waals surface area contributed by atoms with Gasteiger partial charge in [0.25, 0.3) is 0 Å². The van der Waals surface area contributed by atoms with Crippen LogP contribution in [-0.2, 0) is 32.9 Å². The van der Waals surface area contributed by atoms with Crippen molar-refractivity contribution < 1.29 is 17.9 Å². The van der Waals surface area contributed by atoms with E-state index >= 15 is 0 Å². The maximum atomic E-state index is 12.5. The fourth-order valence-electron chi connectivity index (χ4n) is 2.70. The van der Waals surface area contributed by atoms with Gasteiger partial charge in [-0.05, 0) is 25.0 Å². The van der Waals surface area contributed by atoms with Gasteiger partial charge in [0, 0.05) is 6.20 Å². The second-order valence-corrected chi connectivity index (χ2v) is 7.84. The zero-order chi connectivity index (χ0) is 19.4. The summed E-state index contributed by atoms with van der Waals surface area (Å²) in [6.07, 6.45) is 1.29. The molecule has 0 aliphatic carbocycles. The first-order valence-corrected chi connectivity index (χ1v) is 9.82. The monoisotopic (exact) mass is 384 g/mol. The average molecular weight is 384 g/mol. The van der Waals surface area contributed by atoms with Crippen LogP contribution in [0.25, 0.3) is 0 Å². The maximum Gasteiger partial charge on any atom is 0.344 e. The van der Waals surface area contributed by atoms with Crippen molar-refractivity contribution in [1.82, 2.24) is 4.31 Å². The molecule has 6 nitrogen and oxygen atoms in total. The number of benzene rings is 2. The van der Waals surface area contributed by atoms with Crippen LogP contribution in [0.2, 0.25) is 0 Å². The first-order valence-electron chi connectivity index (χ1n) is 8.42. The fourth-order valence-corrected chi connectivity index (χ4v) is 3.80. The van der Waals surface area contributed by atoms with Gasteiger partial charge in [0.05, 0.1) is 17.8 Å². The van der Waals surface area contributed by atoms with Gasteiger partial charge in [-0.1, -0.05) is 60.2 Å². The van der Waals surface area contributed by atoms with Crippen LogP contribution in [0.5, 0.6) is 0 Å². The Labute approximate surface area is 159 Å². The highest BCUT2D eigenvalue weighted by molar-refractivity contribution is 7.88. The molecule has 0 atom stereocenters. The number of carbonyl (C=O) groups is 1. The van der Waals surface area contributed by atoms with E-state index in [1.54, 1.807) is 0 Å². The Kier molecular flexibility index (Phi) is 5.41. The minimum atomic E-state index is -3.87. The number of rotatable bonds is 5. The molecular formula is C20H20N2O4S. The summed E-state index contributed by atoms with van der Waals surface area (Å²) in [6.45, 7) is 3.64. The Morgan fingerprint density at radius 2 is 1.74 bits per heavy atom. The van der Waals surface area contributed by atoms with Crippen LogP contribution < -0.4 is 0 Å². The molecule has 27 heavy (non-hydrogen) atoms. The smallest absolute Gasteiger partial charge is 0.344 e. The number of carbonyl (C=O) groups excluding carboxylic acids is 1. The lowest BCUT2D eigenvalue weighted by Crippen LogP contribution is -2.31. The van der Waals surface area contributed by atoms with E-state index in [1.807, 2.05) is 61.5 Å². The Hall–Kier alpha value is -2.93. The third-order valence-corrected chi connectivity index (χ3v) is 5.40. The van der Waals surface area contributed by atoms with Gasteiger partial charge < -0.3 is 4.74 Å². The summed E-state index contributed by atoms with van der Waals surface area (Å²) in [7, 11) is -3.87. The first-order chi connectivity index (χ1) is 12.8. The average Bonchev–Trinajstić information content (AvgIpc) is 2.62. The summed E-state index contributed by atoms with van der Waals surface area (Å²) in [4.78, 5) is 12.5. The predicted octanol–water partition coefficient (Wildman–Crippen LogP) is 3.14. The lowest BCUT2D eigenvalue weighted by Gasteiger charge is -2.23. The number of esters is 1. The van der Waals surface area contributed by atoms with Crippen LogP contribution in [-0.4, -0.2) is 24.4 Å². The van der Waals surface area contributed by atoms with Crippen molar-refractivity contribution in [3.8, 4) is 0 Å². The molecular weight excluding hydrogens is 364 g/mol. The van der Waals surface area contributed by atoms with E-state index < -0.39 is 16.2 Å². The lowest BCUT2D eigenvalue weighted by molar-refractivity contribution is -0.139. The molecule has 1 heterocycles. The third kappa shape index (κ3) is 4.62. The van der Waals surface area contributed by atoms with Gasteiger partial charge in [-0.25, -0.2) is 4.79 Å². The molecule has 0 aromatic heterocycles. The van der Waals surface area contributed by atoms with E-state index in [-0.39, 0.29) is 24.4 Å². The van der Waals surface area contributed by atoms with Crippen LogP contribution in [0.4, 0.5) is 0 Å². The molecule has 0 unspecified atom stereocenters.